The lowest BCUT2D eigenvalue weighted by Gasteiger charge is -2.10. The molecule has 9 nitrogen and oxygen atoms in total. The van der Waals surface area contributed by atoms with Crippen molar-refractivity contribution in [1.82, 2.24) is 9.55 Å². The molecule has 1 aromatic carbocycles. The molecule has 3 heterocycles. The number of imidazole rings is 1. The molecule has 0 aliphatic heterocycles. The molecular formula is C24H22N4O5S. The van der Waals surface area contributed by atoms with E-state index >= 15 is 0 Å². The normalized spacial score (nSPS) is 10.6. The number of hydrogen-bond donors (Lipinski definition) is 2. The van der Waals surface area contributed by atoms with Gasteiger partial charge in [-0.15, -0.1) is 11.3 Å². The lowest BCUT2D eigenvalue weighted by atomic mass is 10.1. The molecule has 4 aromatic rings. The fraction of sp³-hybridized carbons (Fsp3) is 0.167. The monoisotopic (exact) mass is 478 g/mol. The third-order valence-corrected chi connectivity index (χ3v) is 5.74. The van der Waals surface area contributed by atoms with E-state index in [2.05, 4.69) is 15.6 Å². The minimum atomic E-state index is -0.552. The molecule has 0 atom stereocenters. The van der Waals surface area contributed by atoms with Crippen LogP contribution >= 0.6 is 11.3 Å². The zero-order valence-corrected chi connectivity index (χ0v) is 19.1. The minimum Gasteiger partial charge on any atom is -0.464 e. The Hall–Kier alpha value is -4.18. The van der Waals surface area contributed by atoms with Crippen LogP contribution < -0.4 is 10.6 Å². The number of carbonyl (C=O) groups is 3. The SMILES string of the molecule is CCOC(=O)c1c(-c2ccco2)csc1NC(=O)c1cccc(NC(=O)CCn2ccnc2)c1. The van der Waals surface area contributed by atoms with Crippen molar-refractivity contribution in [3.8, 4) is 11.3 Å². The maximum Gasteiger partial charge on any atom is 0.341 e. The van der Waals surface area contributed by atoms with E-state index in [-0.39, 0.29) is 24.5 Å². The van der Waals surface area contributed by atoms with Crippen LogP contribution in [0.2, 0.25) is 0 Å². The third kappa shape index (κ3) is 5.41. The molecule has 2 N–H and O–H groups in total. The van der Waals surface area contributed by atoms with Gasteiger partial charge in [0.1, 0.15) is 16.3 Å². The number of amides is 2. The Morgan fingerprint density at radius 3 is 2.79 bits per heavy atom. The van der Waals surface area contributed by atoms with Crippen LogP contribution in [0.4, 0.5) is 10.7 Å². The number of ether oxygens (including phenoxy) is 1. The largest absolute Gasteiger partial charge is 0.464 e. The number of hydrogen-bond acceptors (Lipinski definition) is 7. The number of nitrogens with one attached hydrogen (secondary N) is 2. The fourth-order valence-electron chi connectivity index (χ4n) is 3.26. The zero-order chi connectivity index (χ0) is 23.9. The number of anilines is 2. The predicted molar refractivity (Wildman–Crippen MR) is 128 cm³/mol. The van der Waals surface area contributed by atoms with E-state index in [0.29, 0.717) is 34.1 Å². The summed E-state index contributed by atoms with van der Waals surface area (Å²) in [6, 6.07) is 10.0. The first-order valence-electron chi connectivity index (χ1n) is 10.5. The first kappa shape index (κ1) is 23.0. The van der Waals surface area contributed by atoms with Crippen molar-refractivity contribution in [2.45, 2.75) is 19.9 Å². The Labute approximate surface area is 199 Å². The number of nitrogens with zero attached hydrogens (tertiary/aromatic N) is 2. The molecular weight excluding hydrogens is 456 g/mol. The van der Waals surface area contributed by atoms with E-state index < -0.39 is 11.9 Å². The van der Waals surface area contributed by atoms with E-state index in [1.165, 1.54) is 17.6 Å². The van der Waals surface area contributed by atoms with Crippen LogP contribution in [0.1, 0.15) is 34.1 Å². The van der Waals surface area contributed by atoms with Gasteiger partial charge >= 0.3 is 5.97 Å². The van der Waals surface area contributed by atoms with Gasteiger partial charge < -0.3 is 24.4 Å². The fourth-order valence-corrected chi connectivity index (χ4v) is 4.19. The smallest absolute Gasteiger partial charge is 0.341 e. The highest BCUT2D eigenvalue weighted by Gasteiger charge is 2.24. The van der Waals surface area contributed by atoms with Gasteiger partial charge in [-0.25, -0.2) is 9.78 Å². The summed E-state index contributed by atoms with van der Waals surface area (Å²) >= 11 is 1.20. The third-order valence-electron chi connectivity index (χ3n) is 4.85. The Balaban J connectivity index is 1.47. The summed E-state index contributed by atoms with van der Waals surface area (Å²) in [7, 11) is 0. The van der Waals surface area contributed by atoms with Crippen molar-refractivity contribution in [1.29, 1.82) is 0 Å². The Kier molecular flexibility index (Phi) is 7.19. The van der Waals surface area contributed by atoms with Gasteiger partial charge in [0, 0.05) is 47.6 Å². The lowest BCUT2D eigenvalue weighted by molar-refractivity contribution is -0.116. The van der Waals surface area contributed by atoms with Gasteiger partial charge in [0.2, 0.25) is 5.91 Å². The summed E-state index contributed by atoms with van der Waals surface area (Å²) < 4.78 is 12.4. The van der Waals surface area contributed by atoms with Crippen LogP contribution in [-0.4, -0.2) is 33.9 Å². The van der Waals surface area contributed by atoms with Crippen LogP contribution in [-0.2, 0) is 16.1 Å². The van der Waals surface area contributed by atoms with Gasteiger partial charge in [-0.1, -0.05) is 6.07 Å². The summed E-state index contributed by atoms with van der Waals surface area (Å²) in [5, 5.41) is 7.67. The molecule has 0 aliphatic carbocycles. The maximum atomic E-state index is 13.0. The average Bonchev–Trinajstić information content (AvgIpc) is 3.60. The summed E-state index contributed by atoms with van der Waals surface area (Å²) in [6.45, 7) is 2.41. The van der Waals surface area contributed by atoms with Crippen LogP contribution in [0.3, 0.4) is 0 Å². The van der Waals surface area contributed by atoms with Crippen molar-refractivity contribution in [3.63, 3.8) is 0 Å². The minimum absolute atomic E-state index is 0.183. The highest BCUT2D eigenvalue weighted by atomic mass is 32.1. The predicted octanol–water partition coefficient (Wildman–Crippen LogP) is 4.66. The Bertz CT molecular complexity index is 1280. The average molecular weight is 479 g/mol. The molecule has 0 saturated heterocycles. The highest BCUT2D eigenvalue weighted by molar-refractivity contribution is 7.15. The van der Waals surface area contributed by atoms with E-state index in [0.717, 1.165) is 0 Å². The standard InChI is InChI=1S/C24H22N4O5S/c1-2-32-24(31)21-18(19-7-4-12-33-19)14-34-23(21)27-22(30)16-5-3-6-17(13-16)26-20(29)8-10-28-11-9-25-15-28/h3-7,9,11-15H,2,8,10H2,1H3,(H,26,29)(H,27,30). The molecule has 2 amide bonds. The van der Waals surface area contributed by atoms with Gasteiger partial charge in [0.25, 0.3) is 5.91 Å². The molecule has 0 fully saturated rings. The van der Waals surface area contributed by atoms with Gasteiger partial charge in [0.15, 0.2) is 0 Å². The number of benzene rings is 1. The first-order valence-corrected chi connectivity index (χ1v) is 11.4. The molecule has 0 saturated carbocycles. The second-order valence-corrected chi connectivity index (χ2v) is 8.06. The molecule has 174 valence electrons. The summed E-state index contributed by atoms with van der Waals surface area (Å²) in [4.78, 5) is 41.8. The first-order chi connectivity index (χ1) is 16.5. The van der Waals surface area contributed by atoms with Gasteiger partial charge in [0.05, 0.1) is 19.2 Å². The molecule has 0 spiro atoms. The van der Waals surface area contributed by atoms with E-state index in [4.69, 9.17) is 9.15 Å². The quantitative estimate of drug-likeness (QED) is 0.338. The maximum absolute atomic E-state index is 13.0. The number of rotatable bonds is 9. The van der Waals surface area contributed by atoms with Gasteiger partial charge in [-0.05, 0) is 37.3 Å². The molecule has 4 rings (SSSR count). The Morgan fingerprint density at radius 2 is 2.06 bits per heavy atom. The topological polar surface area (TPSA) is 115 Å². The van der Waals surface area contributed by atoms with Gasteiger partial charge in [-0.2, -0.15) is 0 Å². The molecule has 0 bridgehead atoms. The number of carbonyl (C=O) groups excluding carboxylic acids is 3. The van der Waals surface area contributed by atoms with Crippen LogP contribution in [0.5, 0.6) is 0 Å². The van der Waals surface area contributed by atoms with Crippen molar-refractivity contribution >= 4 is 39.8 Å². The van der Waals surface area contributed by atoms with Crippen LogP contribution in [0.25, 0.3) is 11.3 Å². The molecule has 0 radical (unpaired) electrons. The van der Waals surface area contributed by atoms with Crippen molar-refractivity contribution in [2.24, 2.45) is 0 Å². The number of furan rings is 1. The molecule has 0 unspecified atom stereocenters. The summed E-state index contributed by atoms with van der Waals surface area (Å²) in [5.41, 5.74) is 1.60. The second-order valence-electron chi connectivity index (χ2n) is 7.18. The zero-order valence-electron chi connectivity index (χ0n) is 18.3. The van der Waals surface area contributed by atoms with Crippen molar-refractivity contribution in [2.75, 3.05) is 17.2 Å². The lowest BCUT2D eigenvalue weighted by Crippen LogP contribution is -2.16. The number of aromatic nitrogens is 2. The van der Waals surface area contributed by atoms with E-state index in [1.54, 1.807) is 67.4 Å². The molecule has 0 aliphatic rings. The number of thiophene rings is 1. The summed E-state index contributed by atoms with van der Waals surface area (Å²) in [6.07, 6.45) is 6.85. The summed E-state index contributed by atoms with van der Waals surface area (Å²) in [5.74, 6) is -0.658. The molecule has 10 heteroatoms. The van der Waals surface area contributed by atoms with Crippen molar-refractivity contribution < 1.29 is 23.5 Å². The van der Waals surface area contributed by atoms with E-state index in [1.807, 2.05) is 4.57 Å². The number of esters is 1. The van der Waals surface area contributed by atoms with Crippen LogP contribution in [0.15, 0.2) is 71.2 Å². The van der Waals surface area contributed by atoms with Crippen molar-refractivity contribution in [3.05, 3.63) is 77.9 Å². The number of aryl methyl sites for hydroxylation is 1. The molecule has 34 heavy (non-hydrogen) atoms. The van der Waals surface area contributed by atoms with E-state index in [9.17, 15) is 14.4 Å². The van der Waals surface area contributed by atoms with Gasteiger partial charge in [-0.3, -0.25) is 9.59 Å². The van der Waals surface area contributed by atoms with Crippen LogP contribution in [0, 0.1) is 0 Å². The highest BCUT2D eigenvalue weighted by Crippen LogP contribution is 2.36. The second kappa shape index (κ2) is 10.6. The Morgan fingerprint density at radius 1 is 1.18 bits per heavy atom. The molecule has 3 aromatic heterocycles.